The smallest absolute Gasteiger partial charge is 0.165 e. The van der Waals surface area contributed by atoms with Gasteiger partial charge in [0.25, 0.3) is 0 Å². The van der Waals surface area contributed by atoms with Crippen LogP contribution in [0.1, 0.15) is 24.5 Å². The highest BCUT2D eigenvalue weighted by molar-refractivity contribution is 5.62. The van der Waals surface area contributed by atoms with E-state index in [1.165, 1.54) is 11.1 Å². The van der Waals surface area contributed by atoms with Gasteiger partial charge in [-0.15, -0.1) is 0 Å². The summed E-state index contributed by atoms with van der Waals surface area (Å²) in [6, 6.07) is 4.75. The first-order valence-electron chi connectivity index (χ1n) is 8.69. The van der Waals surface area contributed by atoms with Gasteiger partial charge in [-0.1, -0.05) is 18.2 Å². The van der Waals surface area contributed by atoms with Crippen LogP contribution in [-0.2, 0) is 11.8 Å². The number of piperidine rings is 1. The molecule has 23 heavy (non-hydrogen) atoms. The summed E-state index contributed by atoms with van der Waals surface area (Å²) in [6.45, 7) is 3.68. The molecule has 2 aliphatic carbocycles. The van der Waals surface area contributed by atoms with Gasteiger partial charge in [-0.25, -0.2) is 0 Å². The molecule has 0 saturated carbocycles. The summed E-state index contributed by atoms with van der Waals surface area (Å²) in [5.41, 5.74) is 2.62. The maximum Gasteiger partial charge on any atom is 0.165 e. The molecule has 5 atom stereocenters. The molecule has 0 amide bonds. The van der Waals surface area contributed by atoms with Crippen molar-refractivity contribution in [2.75, 3.05) is 20.2 Å². The lowest BCUT2D eigenvalue weighted by atomic mass is 9.53. The minimum absolute atomic E-state index is 0.0820. The molecule has 1 N–H and O–H groups in total. The van der Waals surface area contributed by atoms with E-state index < -0.39 is 6.10 Å². The second-order valence-electron chi connectivity index (χ2n) is 7.34. The quantitative estimate of drug-likeness (QED) is 0.847. The molecule has 1 aromatic rings. The lowest BCUT2D eigenvalue weighted by Crippen LogP contribution is -2.64. The molecule has 4 nitrogen and oxygen atoms in total. The molecular formula is C19H23NO3. The Balaban J connectivity index is 1.78. The lowest BCUT2D eigenvalue weighted by molar-refractivity contribution is -0.0453. The summed E-state index contributed by atoms with van der Waals surface area (Å²) in [4.78, 5) is 2.48. The number of likely N-dealkylation sites (tertiary alicyclic amines) is 1. The van der Waals surface area contributed by atoms with Crippen molar-refractivity contribution in [1.29, 1.82) is 0 Å². The van der Waals surface area contributed by atoms with E-state index in [2.05, 4.69) is 24.1 Å². The summed E-state index contributed by atoms with van der Waals surface area (Å²) in [7, 11) is 2.22. The first-order valence-corrected chi connectivity index (χ1v) is 8.69. The number of rotatable bonds is 2. The zero-order valence-corrected chi connectivity index (χ0v) is 13.7. The first kappa shape index (κ1) is 13.9. The van der Waals surface area contributed by atoms with Gasteiger partial charge < -0.3 is 19.5 Å². The molecule has 1 saturated heterocycles. The molecular weight excluding hydrogens is 290 g/mol. The van der Waals surface area contributed by atoms with E-state index in [-0.39, 0.29) is 11.5 Å². The van der Waals surface area contributed by atoms with Crippen LogP contribution in [0.4, 0.5) is 0 Å². The third kappa shape index (κ3) is 1.54. The maximum absolute atomic E-state index is 10.6. The molecule has 5 rings (SSSR count). The van der Waals surface area contributed by atoms with Crippen LogP contribution in [0.3, 0.4) is 0 Å². The van der Waals surface area contributed by atoms with Crippen molar-refractivity contribution >= 4 is 0 Å². The van der Waals surface area contributed by atoms with Gasteiger partial charge in [-0.2, -0.15) is 0 Å². The Kier molecular flexibility index (Phi) is 2.73. The van der Waals surface area contributed by atoms with E-state index in [4.69, 9.17) is 9.47 Å². The van der Waals surface area contributed by atoms with Gasteiger partial charge in [0.15, 0.2) is 11.5 Å². The van der Waals surface area contributed by atoms with E-state index in [1.807, 2.05) is 19.1 Å². The van der Waals surface area contributed by atoms with Crippen LogP contribution in [0.25, 0.3) is 0 Å². The molecule has 1 spiro atoms. The molecule has 122 valence electrons. The van der Waals surface area contributed by atoms with E-state index in [1.54, 1.807) is 0 Å². The highest BCUT2D eigenvalue weighted by atomic mass is 16.5. The molecule has 2 aliphatic heterocycles. The molecule has 1 fully saturated rings. The van der Waals surface area contributed by atoms with Gasteiger partial charge in [0.1, 0.15) is 12.2 Å². The van der Waals surface area contributed by atoms with Gasteiger partial charge in [0.05, 0.1) is 6.61 Å². The molecule has 4 aliphatic rings. The van der Waals surface area contributed by atoms with Crippen molar-refractivity contribution in [3.05, 3.63) is 35.4 Å². The number of hydrogen-bond acceptors (Lipinski definition) is 4. The number of ether oxygens (including phenoxy) is 2. The van der Waals surface area contributed by atoms with E-state index >= 15 is 0 Å². The van der Waals surface area contributed by atoms with Gasteiger partial charge >= 0.3 is 0 Å². The average Bonchev–Trinajstić information content (AvgIpc) is 2.90. The van der Waals surface area contributed by atoms with Crippen molar-refractivity contribution in [2.24, 2.45) is 5.92 Å². The Morgan fingerprint density at radius 2 is 2.26 bits per heavy atom. The molecule has 2 bridgehead atoms. The van der Waals surface area contributed by atoms with Crippen LogP contribution in [0.5, 0.6) is 11.5 Å². The number of likely N-dealkylation sites (N-methyl/N-ethyl adjacent to an activating group) is 1. The van der Waals surface area contributed by atoms with Crippen LogP contribution >= 0.6 is 0 Å². The summed E-state index contributed by atoms with van der Waals surface area (Å²) in [5.74, 6) is 2.14. The second kappa shape index (κ2) is 4.52. The minimum Gasteiger partial charge on any atom is -0.490 e. The third-order valence-electron chi connectivity index (χ3n) is 6.43. The van der Waals surface area contributed by atoms with Crippen molar-refractivity contribution in [3.8, 4) is 11.5 Å². The molecule has 1 aromatic carbocycles. The van der Waals surface area contributed by atoms with Crippen LogP contribution in [0.15, 0.2) is 24.3 Å². The van der Waals surface area contributed by atoms with Crippen LogP contribution in [0, 0.1) is 5.92 Å². The van der Waals surface area contributed by atoms with Gasteiger partial charge in [0, 0.05) is 22.9 Å². The molecule has 2 heterocycles. The summed E-state index contributed by atoms with van der Waals surface area (Å²) >= 11 is 0. The SMILES string of the molecule is CCOc1ccc2c3c1O[C@H]1C(O)C=C[C@H]4[C@@H](C2)N(C)CC[C@]314. The second-order valence-corrected chi connectivity index (χ2v) is 7.34. The predicted molar refractivity (Wildman–Crippen MR) is 87.1 cm³/mol. The average molecular weight is 313 g/mol. The maximum atomic E-state index is 10.6. The fourth-order valence-corrected chi connectivity index (χ4v) is 5.50. The zero-order chi connectivity index (χ0) is 15.8. The summed E-state index contributed by atoms with van der Waals surface area (Å²) in [5, 5.41) is 10.6. The number of nitrogens with zero attached hydrogens (tertiary/aromatic N) is 1. The minimum atomic E-state index is -0.539. The highest BCUT2D eigenvalue weighted by Crippen LogP contribution is 2.62. The molecule has 0 radical (unpaired) electrons. The Morgan fingerprint density at radius 1 is 1.39 bits per heavy atom. The topological polar surface area (TPSA) is 41.9 Å². The van der Waals surface area contributed by atoms with E-state index in [0.717, 1.165) is 30.9 Å². The van der Waals surface area contributed by atoms with Crippen molar-refractivity contribution in [2.45, 2.75) is 43.4 Å². The summed E-state index contributed by atoms with van der Waals surface area (Å²) < 4.78 is 12.2. The fourth-order valence-electron chi connectivity index (χ4n) is 5.50. The van der Waals surface area contributed by atoms with Gasteiger partial charge in [-0.3, -0.25) is 0 Å². The standard InChI is InChI=1S/C19H23NO3/c1-3-22-15-7-4-11-10-13-12-5-6-14(21)18-19(12,8-9-20(13)2)16(11)17(15)23-18/h4-7,12-14,18,21H,3,8-10H2,1-2H3/t12-,13+,14?,18-,19-/m0/s1. The molecule has 4 heteroatoms. The Morgan fingerprint density at radius 3 is 3.09 bits per heavy atom. The Hall–Kier alpha value is -1.52. The monoisotopic (exact) mass is 313 g/mol. The fraction of sp³-hybridized carbons (Fsp3) is 0.579. The van der Waals surface area contributed by atoms with Crippen LogP contribution in [-0.4, -0.2) is 48.5 Å². The van der Waals surface area contributed by atoms with Crippen LogP contribution in [0.2, 0.25) is 0 Å². The largest absolute Gasteiger partial charge is 0.490 e. The Bertz CT molecular complexity index is 700. The predicted octanol–water partition coefficient (Wildman–Crippen LogP) is 1.89. The first-order chi connectivity index (χ1) is 11.2. The summed E-state index contributed by atoms with van der Waals surface area (Å²) in [6.07, 6.45) is 5.56. The van der Waals surface area contributed by atoms with Gasteiger partial charge in [-0.05, 0) is 45.0 Å². The normalized spacial score (nSPS) is 39.8. The number of aliphatic hydroxyl groups is 1. The van der Waals surface area contributed by atoms with Gasteiger partial charge in [0.2, 0.25) is 0 Å². The highest BCUT2D eigenvalue weighted by Gasteiger charge is 2.64. The Labute approximate surface area is 136 Å². The lowest BCUT2D eigenvalue weighted by Gasteiger charge is -2.56. The third-order valence-corrected chi connectivity index (χ3v) is 6.43. The zero-order valence-electron chi connectivity index (χ0n) is 13.7. The van der Waals surface area contributed by atoms with E-state index in [9.17, 15) is 5.11 Å². The van der Waals surface area contributed by atoms with Crippen molar-refractivity contribution < 1.29 is 14.6 Å². The van der Waals surface area contributed by atoms with Crippen molar-refractivity contribution in [1.82, 2.24) is 4.90 Å². The number of benzene rings is 1. The number of aliphatic hydroxyl groups excluding tert-OH is 1. The van der Waals surface area contributed by atoms with E-state index in [0.29, 0.717) is 18.6 Å². The number of hydrogen-bond donors (Lipinski definition) is 1. The molecule has 1 unspecified atom stereocenters. The van der Waals surface area contributed by atoms with Crippen LogP contribution < -0.4 is 9.47 Å². The van der Waals surface area contributed by atoms with Crippen molar-refractivity contribution in [3.63, 3.8) is 0 Å². The molecule has 0 aromatic heterocycles.